The molecular formula is C18H17N3O3S. The summed E-state index contributed by atoms with van der Waals surface area (Å²) in [7, 11) is 0. The average Bonchev–Trinajstić information content (AvgIpc) is 3.04. The SMILES string of the molecule is CCOC(=O)COc1ccc(/C=N/Nc2nc3ccccc3s2)cc1. The molecule has 0 amide bonds. The van der Waals surface area contributed by atoms with Gasteiger partial charge >= 0.3 is 5.97 Å². The maximum absolute atomic E-state index is 11.2. The van der Waals surface area contributed by atoms with E-state index in [0.717, 1.165) is 20.9 Å². The van der Waals surface area contributed by atoms with Gasteiger partial charge in [-0.3, -0.25) is 5.43 Å². The average molecular weight is 355 g/mol. The fourth-order valence-electron chi connectivity index (χ4n) is 2.08. The molecule has 0 saturated heterocycles. The fourth-order valence-corrected chi connectivity index (χ4v) is 2.89. The third kappa shape index (κ3) is 4.77. The largest absolute Gasteiger partial charge is 0.482 e. The van der Waals surface area contributed by atoms with Crippen molar-refractivity contribution in [2.75, 3.05) is 18.6 Å². The normalized spacial score (nSPS) is 10.9. The number of benzene rings is 2. The number of nitrogens with zero attached hydrogens (tertiary/aromatic N) is 2. The Kier molecular flexibility index (Phi) is 5.58. The molecule has 6 nitrogen and oxygen atoms in total. The van der Waals surface area contributed by atoms with Gasteiger partial charge in [0.2, 0.25) is 5.13 Å². The van der Waals surface area contributed by atoms with Gasteiger partial charge in [-0.15, -0.1) is 0 Å². The van der Waals surface area contributed by atoms with Crippen LogP contribution >= 0.6 is 11.3 Å². The summed E-state index contributed by atoms with van der Waals surface area (Å²) in [6, 6.07) is 15.2. The quantitative estimate of drug-likeness (QED) is 0.398. The summed E-state index contributed by atoms with van der Waals surface area (Å²) in [5, 5.41) is 4.94. The number of fused-ring (bicyclic) bond motifs is 1. The Bertz CT molecular complexity index is 842. The van der Waals surface area contributed by atoms with Crippen LogP contribution < -0.4 is 10.2 Å². The lowest BCUT2D eigenvalue weighted by Crippen LogP contribution is -2.14. The number of hydrogen-bond donors (Lipinski definition) is 1. The van der Waals surface area contributed by atoms with Crippen molar-refractivity contribution in [2.24, 2.45) is 5.10 Å². The predicted molar refractivity (Wildman–Crippen MR) is 99.4 cm³/mol. The predicted octanol–water partition coefficient (Wildman–Crippen LogP) is 3.68. The molecule has 0 bridgehead atoms. The minimum absolute atomic E-state index is 0.0968. The van der Waals surface area contributed by atoms with Crippen LogP contribution in [-0.2, 0) is 9.53 Å². The minimum Gasteiger partial charge on any atom is -0.482 e. The molecule has 0 saturated carbocycles. The third-order valence-corrected chi connectivity index (χ3v) is 4.15. The molecule has 1 N–H and O–H groups in total. The Morgan fingerprint density at radius 2 is 2.04 bits per heavy atom. The number of thiazole rings is 1. The molecule has 128 valence electrons. The molecule has 3 rings (SSSR count). The standard InChI is InChI=1S/C18H17N3O3S/c1-2-23-17(22)12-24-14-9-7-13(8-10-14)11-19-21-18-20-15-5-3-4-6-16(15)25-18/h3-11H,2,12H2,1H3,(H,20,21)/b19-11+. The molecular weight excluding hydrogens is 338 g/mol. The van der Waals surface area contributed by atoms with E-state index < -0.39 is 0 Å². The Morgan fingerprint density at radius 1 is 1.24 bits per heavy atom. The number of carbonyl (C=O) groups is 1. The molecule has 0 spiro atoms. The first kappa shape index (κ1) is 16.9. The molecule has 7 heteroatoms. The van der Waals surface area contributed by atoms with Gasteiger partial charge < -0.3 is 9.47 Å². The van der Waals surface area contributed by atoms with Crippen molar-refractivity contribution < 1.29 is 14.3 Å². The van der Waals surface area contributed by atoms with Gasteiger partial charge in [0.25, 0.3) is 0 Å². The van der Waals surface area contributed by atoms with E-state index in [1.807, 2.05) is 36.4 Å². The van der Waals surface area contributed by atoms with E-state index in [1.54, 1.807) is 36.6 Å². The van der Waals surface area contributed by atoms with E-state index >= 15 is 0 Å². The summed E-state index contributed by atoms with van der Waals surface area (Å²) in [6.07, 6.45) is 1.70. The van der Waals surface area contributed by atoms with Gasteiger partial charge in [-0.05, 0) is 48.9 Å². The monoisotopic (exact) mass is 355 g/mol. The minimum atomic E-state index is -0.381. The van der Waals surface area contributed by atoms with E-state index in [4.69, 9.17) is 9.47 Å². The number of carbonyl (C=O) groups excluding carboxylic acids is 1. The van der Waals surface area contributed by atoms with Crippen LogP contribution in [0.15, 0.2) is 53.6 Å². The first-order valence-electron chi connectivity index (χ1n) is 7.78. The number of aromatic nitrogens is 1. The summed E-state index contributed by atoms with van der Waals surface area (Å²) in [6.45, 7) is 2.01. The van der Waals surface area contributed by atoms with Crippen molar-refractivity contribution >= 4 is 38.9 Å². The zero-order chi connectivity index (χ0) is 17.5. The van der Waals surface area contributed by atoms with Gasteiger partial charge in [-0.1, -0.05) is 23.5 Å². The van der Waals surface area contributed by atoms with Crippen LogP contribution in [0, 0.1) is 0 Å². The van der Waals surface area contributed by atoms with Gasteiger partial charge in [0, 0.05) is 0 Å². The lowest BCUT2D eigenvalue weighted by Gasteiger charge is -2.05. The maximum Gasteiger partial charge on any atom is 0.344 e. The summed E-state index contributed by atoms with van der Waals surface area (Å²) in [5.41, 5.74) is 4.79. The van der Waals surface area contributed by atoms with Gasteiger partial charge in [0.15, 0.2) is 6.61 Å². The van der Waals surface area contributed by atoms with Crippen molar-refractivity contribution in [1.29, 1.82) is 0 Å². The number of anilines is 1. The van der Waals surface area contributed by atoms with Crippen molar-refractivity contribution in [3.8, 4) is 5.75 Å². The Hall–Kier alpha value is -2.93. The highest BCUT2D eigenvalue weighted by Crippen LogP contribution is 2.25. The van der Waals surface area contributed by atoms with E-state index in [0.29, 0.717) is 12.4 Å². The molecule has 0 radical (unpaired) electrons. The number of hydrogen-bond acceptors (Lipinski definition) is 7. The second kappa shape index (κ2) is 8.25. The lowest BCUT2D eigenvalue weighted by atomic mass is 10.2. The summed E-state index contributed by atoms with van der Waals surface area (Å²) < 4.78 is 11.3. The third-order valence-electron chi connectivity index (χ3n) is 3.21. The first-order chi connectivity index (χ1) is 12.2. The smallest absolute Gasteiger partial charge is 0.344 e. The van der Waals surface area contributed by atoms with Crippen LogP contribution in [0.5, 0.6) is 5.75 Å². The van der Waals surface area contributed by atoms with Gasteiger partial charge in [-0.25, -0.2) is 9.78 Å². The molecule has 3 aromatic rings. The molecule has 0 aliphatic carbocycles. The molecule has 1 aromatic heterocycles. The van der Waals surface area contributed by atoms with E-state index in [-0.39, 0.29) is 12.6 Å². The van der Waals surface area contributed by atoms with E-state index in [1.165, 1.54) is 0 Å². The fraction of sp³-hybridized carbons (Fsp3) is 0.167. The molecule has 0 fully saturated rings. The topological polar surface area (TPSA) is 72.8 Å². The summed E-state index contributed by atoms with van der Waals surface area (Å²) in [5.74, 6) is 0.220. The number of nitrogens with one attached hydrogen (secondary N) is 1. The summed E-state index contributed by atoms with van der Waals surface area (Å²) in [4.78, 5) is 15.7. The van der Waals surface area contributed by atoms with Crippen LogP contribution in [0.4, 0.5) is 5.13 Å². The van der Waals surface area contributed by atoms with Crippen LogP contribution in [-0.4, -0.2) is 30.4 Å². The highest BCUT2D eigenvalue weighted by molar-refractivity contribution is 7.22. The number of esters is 1. The van der Waals surface area contributed by atoms with Gasteiger partial charge in [0.05, 0.1) is 23.0 Å². The zero-order valence-corrected chi connectivity index (χ0v) is 14.5. The van der Waals surface area contributed by atoms with E-state index in [9.17, 15) is 4.79 Å². The van der Waals surface area contributed by atoms with Gasteiger partial charge in [-0.2, -0.15) is 5.10 Å². The van der Waals surface area contributed by atoms with Crippen LogP contribution in [0.2, 0.25) is 0 Å². The number of para-hydroxylation sites is 1. The van der Waals surface area contributed by atoms with Crippen LogP contribution in [0.25, 0.3) is 10.2 Å². The highest BCUT2D eigenvalue weighted by atomic mass is 32.1. The number of ether oxygens (including phenoxy) is 2. The highest BCUT2D eigenvalue weighted by Gasteiger charge is 2.03. The Morgan fingerprint density at radius 3 is 2.80 bits per heavy atom. The number of hydrazone groups is 1. The molecule has 0 aliphatic heterocycles. The van der Waals surface area contributed by atoms with Crippen molar-refractivity contribution in [3.63, 3.8) is 0 Å². The maximum atomic E-state index is 11.2. The number of rotatable bonds is 7. The van der Waals surface area contributed by atoms with Crippen molar-refractivity contribution in [2.45, 2.75) is 6.92 Å². The Labute approximate surface area is 149 Å². The van der Waals surface area contributed by atoms with E-state index in [2.05, 4.69) is 15.5 Å². The molecule has 0 unspecified atom stereocenters. The van der Waals surface area contributed by atoms with Crippen LogP contribution in [0.1, 0.15) is 12.5 Å². The molecule has 2 aromatic carbocycles. The van der Waals surface area contributed by atoms with Crippen molar-refractivity contribution in [1.82, 2.24) is 4.98 Å². The molecule has 0 aliphatic rings. The second-order valence-electron chi connectivity index (χ2n) is 5.02. The lowest BCUT2D eigenvalue weighted by molar-refractivity contribution is -0.145. The molecule has 0 atom stereocenters. The van der Waals surface area contributed by atoms with Crippen LogP contribution in [0.3, 0.4) is 0 Å². The first-order valence-corrected chi connectivity index (χ1v) is 8.59. The second-order valence-corrected chi connectivity index (χ2v) is 6.05. The molecule has 25 heavy (non-hydrogen) atoms. The zero-order valence-electron chi connectivity index (χ0n) is 13.6. The van der Waals surface area contributed by atoms with Gasteiger partial charge in [0.1, 0.15) is 5.75 Å². The Balaban J connectivity index is 1.53. The van der Waals surface area contributed by atoms with Crippen molar-refractivity contribution in [3.05, 3.63) is 54.1 Å². The summed E-state index contributed by atoms with van der Waals surface area (Å²) >= 11 is 1.55. The molecule has 1 heterocycles.